The van der Waals surface area contributed by atoms with E-state index in [0.29, 0.717) is 9.21 Å². The molecule has 0 aliphatic rings. The number of anilines is 1. The lowest BCUT2D eigenvalue weighted by Gasteiger charge is -2.17. The summed E-state index contributed by atoms with van der Waals surface area (Å²) in [4.78, 5) is 70.3. The summed E-state index contributed by atoms with van der Waals surface area (Å²) in [6.45, 7) is 1.58. The average Bonchev–Trinajstić information content (AvgIpc) is 3.36. The van der Waals surface area contributed by atoms with Gasteiger partial charge in [0.05, 0.1) is 33.2 Å². The van der Waals surface area contributed by atoms with Gasteiger partial charge >= 0.3 is 11.8 Å². The third kappa shape index (κ3) is 5.97. The van der Waals surface area contributed by atoms with E-state index in [4.69, 9.17) is 11.6 Å². The van der Waals surface area contributed by atoms with Crippen LogP contribution >= 0.6 is 22.9 Å². The van der Waals surface area contributed by atoms with Crippen molar-refractivity contribution in [3.63, 3.8) is 0 Å². The molecule has 2 aromatic carbocycles. The summed E-state index contributed by atoms with van der Waals surface area (Å²) in [7, 11) is 1.50. The van der Waals surface area contributed by atoms with E-state index in [0.717, 1.165) is 22.0 Å². The molecule has 0 spiro atoms. The highest BCUT2D eigenvalue weighted by molar-refractivity contribution is 7.16. The number of amides is 2. The molecule has 208 valence electrons. The standard InChI is InChI=1S/C25H21ClFN5O7S/c1-3-38-25(37)39-31-22(34)20(18-8-9-19(26)40-18)30-21(33)12-4-6-13(7-5-12)32-23(35)14-10-15(27)17(28-2)11-16(14)29-24(32)36/h4-11,20,28H,3H2,1-2H3,(H,29,36)(H,30,33)(H,31,34). The molecule has 12 nitrogen and oxygen atoms in total. The second kappa shape index (κ2) is 12.0. The minimum absolute atomic E-state index is 0.0246. The first kappa shape index (κ1) is 28.3. The van der Waals surface area contributed by atoms with Gasteiger partial charge in [-0.15, -0.1) is 11.3 Å². The molecule has 4 N–H and O–H groups in total. The summed E-state index contributed by atoms with van der Waals surface area (Å²) >= 11 is 7.01. The number of carbonyl (C=O) groups excluding carboxylic acids is 3. The van der Waals surface area contributed by atoms with Crippen molar-refractivity contribution in [2.75, 3.05) is 19.0 Å². The summed E-state index contributed by atoms with van der Waals surface area (Å²) < 4.78 is 20.0. The van der Waals surface area contributed by atoms with Gasteiger partial charge in [-0.3, -0.25) is 14.4 Å². The van der Waals surface area contributed by atoms with Gasteiger partial charge < -0.3 is 25.2 Å². The zero-order chi connectivity index (χ0) is 29.0. The Hall–Kier alpha value is -4.69. The molecule has 2 amide bonds. The van der Waals surface area contributed by atoms with Gasteiger partial charge in [0.15, 0.2) is 0 Å². The molecule has 0 aliphatic heterocycles. The highest BCUT2D eigenvalue weighted by atomic mass is 35.5. The van der Waals surface area contributed by atoms with Crippen molar-refractivity contribution >= 4 is 57.5 Å². The number of aromatic amines is 1. The number of rotatable bonds is 7. The fourth-order valence-corrected chi connectivity index (χ4v) is 4.80. The maximum absolute atomic E-state index is 14.3. The zero-order valence-corrected chi connectivity index (χ0v) is 22.4. The van der Waals surface area contributed by atoms with Crippen LogP contribution in [0.4, 0.5) is 14.9 Å². The fourth-order valence-electron chi connectivity index (χ4n) is 3.69. The molecule has 2 aromatic heterocycles. The normalized spacial score (nSPS) is 11.5. The van der Waals surface area contributed by atoms with Crippen molar-refractivity contribution in [2.45, 2.75) is 13.0 Å². The highest BCUT2D eigenvalue weighted by Gasteiger charge is 2.26. The van der Waals surface area contributed by atoms with Crippen LogP contribution in [0.15, 0.2) is 58.1 Å². The molecule has 4 aromatic rings. The molecule has 0 fully saturated rings. The summed E-state index contributed by atoms with van der Waals surface area (Å²) in [6.07, 6.45) is -1.13. The van der Waals surface area contributed by atoms with Crippen LogP contribution in [0.5, 0.6) is 0 Å². The van der Waals surface area contributed by atoms with Crippen LogP contribution in [0.3, 0.4) is 0 Å². The first-order valence-electron chi connectivity index (χ1n) is 11.6. The molecule has 15 heteroatoms. The van der Waals surface area contributed by atoms with Gasteiger partial charge in [0.1, 0.15) is 11.9 Å². The van der Waals surface area contributed by atoms with E-state index >= 15 is 0 Å². The van der Waals surface area contributed by atoms with E-state index in [1.807, 2.05) is 5.48 Å². The predicted molar refractivity (Wildman–Crippen MR) is 145 cm³/mol. The molecule has 0 saturated heterocycles. The predicted octanol–water partition coefficient (Wildman–Crippen LogP) is 3.25. The molecule has 4 rings (SSSR count). The Labute approximate surface area is 233 Å². The van der Waals surface area contributed by atoms with E-state index in [1.54, 1.807) is 6.92 Å². The van der Waals surface area contributed by atoms with Gasteiger partial charge in [-0.05, 0) is 55.5 Å². The van der Waals surface area contributed by atoms with Gasteiger partial charge in [0.25, 0.3) is 17.4 Å². The van der Waals surface area contributed by atoms with E-state index in [-0.39, 0.29) is 34.4 Å². The van der Waals surface area contributed by atoms with Crippen LogP contribution in [0.1, 0.15) is 28.2 Å². The summed E-state index contributed by atoms with van der Waals surface area (Å²) in [5, 5.41) is 5.11. The Morgan fingerprint density at radius 3 is 2.48 bits per heavy atom. The number of carbonyl (C=O) groups is 3. The Bertz CT molecular complexity index is 1720. The van der Waals surface area contributed by atoms with Gasteiger partial charge in [-0.2, -0.15) is 5.48 Å². The summed E-state index contributed by atoms with van der Waals surface area (Å²) in [6, 6.07) is 9.44. The lowest BCUT2D eigenvalue weighted by Crippen LogP contribution is -2.41. The second-order valence-corrected chi connectivity index (χ2v) is 9.79. The highest BCUT2D eigenvalue weighted by Crippen LogP contribution is 2.27. The van der Waals surface area contributed by atoms with E-state index < -0.39 is 41.1 Å². The lowest BCUT2D eigenvalue weighted by molar-refractivity contribution is -0.133. The van der Waals surface area contributed by atoms with Crippen LogP contribution in [0.2, 0.25) is 4.34 Å². The van der Waals surface area contributed by atoms with Crippen LogP contribution < -0.4 is 27.4 Å². The third-order valence-electron chi connectivity index (χ3n) is 5.56. The molecular weight excluding hydrogens is 569 g/mol. The molecule has 1 unspecified atom stereocenters. The molecule has 0 saturated carbocycles. The summed E-state index contributed by atoms with van der Waals surface area (Å²) in [5.41, 5.74) is 0.855. The number of hydrogen-bond donors (Lipinski definition) is 4. The van der Waals surface area contributed by atoms with Crippen molar-refractivity contribution in [2.24, 2.45) is 0 Å². The van der Waals surface area contributed by atoms with Crippen LogP contribution in [-0.2, 0) is 14.4 Å². The number of nitrogens with zero attached hydrogens (tertiary/aromatic N) is 1. The second-order valence-electron chi connectivity index (χ2n) is 8.04. The first-order valence-corrected chi connectivity index (χ1v) is 12.8. The molecular formula is C25H21ClFN5O7S. The largest absolute Gasteiger partial charge is 0.533 e. The monoisotopic (exact) mass is 589 g/mol. The molecule has 0 radical (unpaired) electrons. The Balaban J connectivity index is 1.59. The molecule has 1 atom stereocenters. The number of benzene rings is 2. The van der Waals surface area contributed by atoms with Crippen LogP contribution in [0, 0.1) is 5.82 Å². The Morgan fingerprint density at radius 1 is 1.12 bits per heavy atom. The molecule has 40 heavy (non-hydrogen) atoms. The number of halogens is 2. The smallest absolute Gasteiger partial charge is 0.433 e. The van der Waals surface area contributed by atoms with Crippen molar-refractivity contribution in [1.82, 2.24) is 20.3 Å². The summed E-state index contributed by atoms with van der Waals surface area (Å²) in [5.74, 6) is -2.25. The quantitative estimate of drug-likeness (QED) is 0.189. The van der Waals surface area contributed by atoms with E-state index in [2.05, 4.69) is 25.2 Å². The molecule has 0 aliphatic carbocycles. The fraction of sp³-hybridized carbons (Fsp3) is 0.160. The van der Waals surface area contributed by atoms with Gasteiger partial charge in [-0.25, -0.2) is 18.5 Å². The number of thiophene rings is 1. The third-order valence-corrected chi connectivity index (χ3v) is 6.85. The molecule has 2 heterocycles. The SMILES string of the molecule is CCOC(=O)ONC(=O)C(NC(=O)c1ccc(-n2c(=O)[nH]c3cc(NC)c(F)cc3c2=O)cc1)c1ccc(Cl)s1. The van der Waals surface area contributed by atoms with E-state index in [1.165, 1.54) is 49.5 Å². The van der Waals surface area contributed by atoms with Crippen LogP contribution in [0.25, 0.3) is 16.6 Å². The number of hydroxylamine groups is 1. The van der Waals surface area contributed by atoms with E-state index in [9.17, 15) is 28.4 Å². The van der Waals surface area contributed by atoms with Crippen molar-refractivity contribution in [3.05, 3.63) is 90.0 Å². The van der Waals surface area contributed by atoms with Crippen molar-refractivity contribution in [3.8, 4) is 5.69 Å². The van der Waals surface area contributed by atoms with Gasteiger partial charge in [0.2, 0.25) is 0 Å². The maximum atomic E-state index is 14.3. The number of nitrogens with one attached hydrogen (secondary N) is 4. The maximum Gasteiger partial charge on any atom is 0.533 e. The van der Waals surface area contributed by atoms with Crippen molar-refractivity contribution in [1.29, 1.82) is 0 Å². The molecule has 0 bridgehead atoms. The topological polar surface area (TPSA) is 161 Å². The Morgan fingerprint density at radius 2 is 1.85 bits per heavy atom. The minimum Gasteiger partial charge on any atom is -0.433 e. The number of ether oxygens (including phenoxy) is 1. The van der Waals surface area contributed by atoms with Crippen LogP contribution in [-0.4, -0.2) is 41.2 Å². The number of fused-ring (bicyclic) bond motifs is 1. The number of aromatic nitrogens is 2. The Kier molecular flexibility index (Phi) is 8.50. The average molecular weight is 590 g/mol. The van der Waals surface area contributed by atoms with Gasteiger partial charge in [0, 0.05) is 17.5 Å². The van der Waals surface area contributed by atoms with Gasteiger partial charge in [-0.1, -0.05) is 11.6 Å². The zero-order valence-electron chi connectivity index (χ0n) is 20.9. The number of hydrogen-bond acceptors (Lipinski definition) is 9. The number of H-pyrrole nitrogens is 1. The van der Waals surface area contributed by atoms with Crippen molar-refractivity contribution < 1.29 is 28.3 Å². The lowest BCUT2D eigenvalue weighted by atomic mass is 10.1. The minimum atomic E-state index is -1.29. The first-order chi connectivity index (χ1) is 19.1.